The predicted molar refractivity (Wildman–Crippen MR) is 172 cm³/mol. The second-order valence-electron chi connectivity index (χ2n) is 9.18. The van der Waals surface area contributed by atoms with E-state index in [0.29, 0.717) is 0 Å². The van der Waals surface area contributed by atoms with Crippen molar-refractivity contribution in [2.75, 3.05) is 0 Å². The van der Waals surface area contributed by atoms with Crippen LogP contribution in [0.4, 0.5) is 0 Å². The number of ether oxygens (including phenoxy) is 3. The molecule has 3 N–H and O–H groups in total. The summed E-state index contributed by atoms with van der Waals surface area (Å²) in [6.07, 6.45) is 0. The van der Waals surface area contributed by atoms with E-state index in [1.54, 1.807) is 0 Å². The molecule has 4 aromatic carbocycles. The van der Waals surface area contributed by atoms with Gasteiger partial charge in [0.2, 0.25) is 0 Å². The molecule has 0 radical (unpaired) electrons. The fraction of sp³-hybridized carbons (Fsp3) is 0. The van der Waals surface area contributed by atoms with Crippen molar-refractivity contribution in [3.05, 3.63) is 118 Å². The van der Waals surface area contributed by atoms with E-state index in [0.717, 1.165) is 54.6 Å². The highest BCUT2D eigenvalue weighted by atomic mass is 35.5. The van der Waals surface area contributed by atoms with Gasteiger partial charge in [-0.05, 0) is 54.6 Å². The fourth-order valence-corrected chi connectivity index (χ4v) is 5.50. The van der Waals surface area contributed by atoms with Crippen LogP contribution in [0.15, 0.2) is 54.6 Å². The summed E-state index contributed by atoms with van der Waals surface area (Å²) < 4.78 is 15.6. The van der Waals surface area contributed by atoms with Crippen molar-refractivity contribution >= 4 is 105 Å². The topological polar surface area (TPSA) is 191 Å². The monoisotopic (exact) mass is 774 g/mol. The molecule has 0 unspecified atom stereocenters. The Morgan fingerprint density at radius 2 is 0.625 bits per heavy atom. The molecule has 4 aromatic rings. The van der Waals surface area contributed by atoms with Crippen molar-refractivity contribution in [2.45, 2.75) is 0 Å². The van der Waals surface area contributed by atoms with Gasteiger partial charge in [-0.25, -0.2) is 28.8 Å². The minimum absolute atomic E-state index is 0.102. The van der Waals surface area contributed by atoms with Crippen LogP contribution in [-0.2, 0) is 0 Å². The zero-order valence-electron chi connectivity index (χ0n) is 23.0. The van der Waals surface area contributed by atoms with E-state index in [4.69, 9.17) is 83.8 Å². The molecule has 0 bridgehead atoms. The largest absolute Gasteiger partial charge is 0.478 e. The lowest BCUT2D eigenvalue weighted by Gasteiger charge is -2.14. The van der Waals surface area contributed by atoms with Crippen LogP contribution in [0, 0.1) is 0 Å². The summed E-state index contributed by atoms with van der Waals surface area (Å²) in [4.78, 5) is 75.3. The Kier molecular flexibility index (Phi) is 11.1. The first-order valence-electron chi connectivity index (χ1n) is 12.5. The van der Waals surface area contributed by atoms with E-state index in [1.807, 2.05) is 0 Å². The maximum atomic E-state index is 13.3. The number of rotatable bonds is 9. The lowest BCUT2D eigenvalue weighted by Crippen LogP contribution is -2.18. The summed E-state index contributed by atoms with van der Waals surface area (Å²) >= 11 is 35.8. The van der Waals surface area contributed by atoms with Crippen LogP contribution < -0.4 is 14.2 Å². The van der Waals surface area contributed by atoms with Gasteiger partial charge in [-0.1, -0.05) is 69.6 Å². The first-order chi connectivity index (χ1) is 22.5. The minimum Gasteiger partial charge on any atom is -0.478 e. The van der Waals surface area contributed by atoms with E-state index in [-0.39, 0.29) is 30.1 Å². The molecule has 12 nitrogen and oxygen atoms in total. The normalized spacial score (nSPS) is 10.6. The van der Waals surface area contributed by atoms with Crippen molar-refractivity contribution in [3.63, 3.8) is 0 Å². The molecule has 0 atom stereocenters. The van der Waals surface area contributed by atoms with E-state index < -0.39 is 86.4 Å². The van der Waals surface area contributed by atoms with Gasteiger partial charge in [0, 0.05) is 15.1 Å². The van der Waals surface area contributed by atoms with Gasteiger partial charge in [0.1, 0.15) is 16.7 Å². The number of carbonyl (C=O) groups is 6. The van der Waals surface area contributed by atoms with E-state index in [1.165, 1.54) is 0 Å². The molecular weight excluding hydrogens is 765 g/mol. The van der Waals surface area contributed by atoms with Gasteiger partial charge < -0.3 is 29.5 Å². The molecule has 0 saturated heterocycles. The number of esters is 3. The summed E-state index contributed by atoms with van der Waals surface area (Å²) in [5.41, 5.74) is -3.64. The average molecular weight is 777 g/mol. The number of halogens is 6. The third-order valence-electron chi connectivity index (χ3n) is 5.94. The highest BCUT2D eigenvalue weighted by Crippen LogP contribution is 2.36. The van der Waals surface area contributed by atoms with Gasteiger partial charge in [0.15, 0.2) is 17.2 Å². The van der Waals surface area contributed by atoms with Crippen LogP contribution in [0.3, 0.4) is 0 Å². The van der Waals surface area contributed by atoms with E-state index in [9.17, 15) is 44.1 Å². The van der Waals surface area contributed by atoms with Crippen molar-refractivity contribution in [1.29, 1.82) is 0 Å². The Bertz CT molecular complexity index is 1830. The van der Waals surface area contributed by atoms with Crippen molar-refractivity contribution in [3.8, 4) is 17.2 Å². The van der Waals surface area contributed by atoms with Gasteiger partial charge in [-0.15, -0.1) is 0 Å². The van der Waals surface area contributed by atoms with Crippen LogP contribution in [0.25, 0.3) is 0 Å². The Labute approximate surface area is 297 Å². The molecule has 0 amide bonds. The first-order valence-corrected chi connectivity index (χ1v) is 14.7. The number of carboxylic acids is 3. The molecule has 0 saturated carbocycles. The quantitative estimate of drug-likeness (QED) is 0.109. The molecule has 18 heteroatoms. The molecular formula is C30H12Cl6O12. The molecule has 0 aliphatic rings. The van der Waals surface area contributed by atoms with Crippen LogP contribution in [0.5, 0.6) is 17.2 Å². The summed E-state index contributed by atoms with van der Waals surface area (Å²) in [6, 6.07) is 8.61. The standard InChI is InChI=1S/C30H12Cl6O12/c31-13-4-16(25(37)38)22(19(34)7-13)46-28(43)10-1-11(29(44)47-23-17(26(39)40)5-14(32)8-20(23)35)3-12(2-10)30(45)48-24-18(27(41)42)6-15(33)9-21(24)36/h1-9H,(H,37,38)(H,39,40)(H,41,42). The Balaban J connectivity index is 1.83. The molecule has 0 aromatic heterocycles. The van der Waals surface area contributed by atoms with Crippen LogP contribution in [-0.4, -0.2) is 51.1 Å². The molecule has 0 aliphatic carbocycles. The van der Waals surface area contributed by atoms with Crippen molar-refractivity contribution < 1.29 is 58.3 Å². The molecule has 0 fully saturated rings. The maximum Gasteiger partial charge on any atom is 0.343 e. The molecule has 48 heavy (non-hydrogen) atoms. The Morgan fingerprint density at radius 1 is 0.396 bits per heavy atom. The maximum absolute atomic E-state index is 13.3. The third-order valence-corrected chi connectivity index (χ3v) is 7.44. The second-order valence-corrected chi connectivity index (χ2v) is 11.7. The molecule has 0 aliphatic heterocycles. The number of carbonyl (C=O) groups excluding carboxylic acids is 3. The van der Waals surface area contributed by atoms with Gasteiger partial charge >= 0.3 is 35.8 Å². The zero-order chi connectivity index (χ0) is 35.6. The lowest BCUT2D eigenvalue weighted by molar-refractivity contribution is 0.0664. The summed E-state index contributed by atoms with van der Waals surface area (Å²) in [7, 11) is 0. The van der Waals surface area contributed by atoms with Gasteiger partial charge in [-0.3, -0.25) is 0 Å². The van der Waals surface area contributed by atoms with Gasteiger partial charge in [-0.2, -0.15) is 0 Å². The predicted octanol–water partition coefficient (Wildman–Crippen LogP) is 8.36. The SMILES string of the molecule is O=C(Oc1c(Cl)cc(Cl)cc1C(=O)O)c1cc(C(=O)Oc2c(Cl)cc(Cl)cc2C(=O)O)cc(C(=O)Oc2c(Cl)cc(Cl)cc2C(=O)O)c1. The van der Waals surface area contributed by atoms with Crippen LogP contribution in [0.2, 0.25) is 30.1 Å². The minimum atomic E-state index is -1.58. The smallest absolute Gasteiger partial charge is 0.343 e. The van der Waals surface area contributed by atoms with Crippen molar-refractivity contribution in [2.24, 2.45) is 0 Å². The van der Waals surface area contributed by atoms with Crippen LogP contribution in [0.1, 0.15) is 62.1 Å². The van der Waals surface area contributed by atoms with Gasteiger partial charge in [0.05, 0.1) is 31.8 Å². The molecule has 0 spiro atoms. The number of hydrogen-bond donors (Lipinski definition) is 3. The zero-order valence-corrected chi connectivity index (χ0v) is 27.5. The number of benzene rings is 4. The molecule has 0 heterocycles. The Morgan fingerprint density at radius 3 is 0.833 bits per heavy atom. The van der Waals surface area contributed by atoms with Crippen molar-refractivity contribution in [1.82, 2.24) is 0 Å². The fourth-order valence-electron chi connectivity index (χ4n) is 3.90. The average Bonchev–Trinajstić information content (AvgIpc) is 2.99. The summed E-state index contributed by atoms with van der Waals surface area (Å²) in [5.74, 6) is -10.8. The number of aromatic carboxylic acids is 3. The highest BCUT2D eigenvalue weighted by Gasteiger charge is 2.27. The van der Waals surface area contributed by atoms with E-state index >= 15 is 0 Å². The molecule has 4 rings (SSSR count). The summed E-state index contributed by atoms with van der Waals surface area (Å²) in [6.45, 7) is 0. The highest BCUT2D eigenvalue weighted by molar-refractivity contribution is 6.38. The Hall–Kier alpha value is -4.56. The number of carboxylic acid groups (broad SMARTS) is 3. The second kappa shape index (κ2) is 14.7. The first kappa shape index (κ1) is 36.3. The third kappa shape index (κ3) is 8.11. The van der Waals surface area contributed by atoms with Crippen LogP contribution >= 0.6 is 69.6 Å². The number of hydrogen-bond acceptors (Lipinski definition) is 9. The lowest BCUT2D eigenvalue weighted by atomic mass is 10.1. The van der Waals surface area contributed by atoms with Gasteiger partial charge in [0.25, 0.3) is 0 Å². The molecule has 246 valence electrons. The van der Waals surface area contributed by atoms with E-state index in [2.05, 4.69) is 0 Å². The summed E-state index contributed by atoms with van der Waals surface area (Å²) in [5, 5.41) is 27.2.